The molecule has 1 aromatic rings. The van der Waals surface area contributed by atoms with E-state index in [2.05, 4.69) is 55.6 Å². The van der Waals surface area contributed by atoms with Crippen molar-refractivity contribution in [2.45, 2.75) is 38.6 Å². The van der Waals surface area contributed by atoms with Crippen molar-refractivity contribution in [2.24, 2.45) is 0 Å². The summed E-state index contributed by atoms with van der Waals surface area (Å²) >= 11 is 0. The molecule has 0 spiro atoms. The van der Waals surface area contributed by atoms with Crippen LogP contribution in [-0.4, -0.2) is 12.6 Å². The molecule has 2 rings (SSSR count). The average Bonchev–Trinajstić information content (AvgIpc) is 3.09. The minimum atomic E-state index is 0.557. The third-order valence-corrected chi connectivity index (χ3v) is 2.94. The summed E-state index contributed by atoms with van der Waals surface area (Å²) in [6.45, 7) is 5.28. The van der Waals surface area contributed by atoms with E-state index in [0.29, 0.717) is 6.04 Å². The van der Waals surface area contributed by atoms with Gasteiger partial charge in [0.05, 0.1) is 0 Å². The summed E-state index contributed by atoms with van der Waals surface area (Å²) in [4.78, 5) is 0. The highest BCUT2D eigenvalue weighted by molar-refractivity contribution is 5.50. The summed E-state index contributed by atoms with van der Waals surface area (Å²) in [5, 5.41) is 3.37. The molecule has 0 saturated heterocycles. The topological polar surface area (TPSA) is 12.0 Å². The van der Waals surface area contributed by atoms with Crippen molar-refractivity contribution in [2.75, 3.05) is 6.54 Å². The summed E-state index contributed by atoms with van der Waals surface area (Å²) in [5.74, 6) is 0.862. The molecular weight excluding hydrogens is 194 g/mol. The van der Waals surface area contributed by atoms with Gasteiger partial charge >= 0.3 is 0 Å². The fourth-order valence-corrected chi connectivity index (χ4v) is 1.79. The molecule has 1 heteroatoms. The zero-order valence-corrected chi connectivity index (χ0v) is 10.2. The van der Waals surface area contributed by atoms with Crippen LogP contribution < -0.4 is 5.32 Å². The zero-order chi connectivity index (χ0) is 11.4. The maximum atomic E-state index is 3.37. The Labute approximate surface area is 98.6 Å². The molecule has 86 valence electrons. The molecule has 0 aromatic heterocycles. The Bertz CT molecular complexity index is 344. The van der Waals surface area contributed by atoms with Gasteiger partial charge in [-0.1, -0.05) is 50.3 Å². The van der Waals surface area contributed by atoms with Crippen molar-refractivity contribution in [3.8, 4) is 0 Å². The van der Waals surface area contributed by atoms with Crippen molar-refractivity contribution in [1.82, 2.24) is 5.32 Å². The fourth-order valence-electron chi connectivity index (χ4n) is 1.79. The summed E-state index contributed by atoms with van der Waals surface area (Å²) < 4.78 is 0. The maximum absolute atomic E-state index is 3.37. The Morgan fingerprint density at radius 1 is 1.25 bits per heavy atom. The van der Waals surface area contributed by atoms with Gasteiger partial charge in [0, 0.05) is 12.6 Å². The summed E-state index contributed by atoms with van der Waals surface area (Å²) in [6, 6.07) is 9.54. The van der Waals surface area contributed by atoms with Crippen LogP contribution in [0.3, 0.4) is 0 Å². The molecule has 0 heterocycles. The van der Waals surface area contributed by atoms with Gasteiger partial charge in [0.2, 0.25) is 0 Å². The van der Waals surface area contributed by atoms with Crippen molar-refractivity contribution >= 4 is 6.08 Å². The Kier molecular flexibility index (Phi) is 3.79. The molecule has 16 heavy (non-hydrogen) atoms. The lowest BCUT2D eigenvalue weighted by molar-refractivity contribution is 0.633. The lowest BCUT2D eigenvalue weighted by atomic mass is 10.1. The molecule has 1 saturated carbocycles. The largest absolute Gasteiger partial charge is 0.311 e. The first-order valence-corrected chi connectivity index (χ1v) is 6.25. The smallest absolute Gasteiger partial charge is 0.0140 e. The molecule has 1 fully saturated rings. The van der Waals surface area contributed by atoms with Crippen LogP contribution in [0.15, 0.2) is 30.3 Å². The van der Waals surface area contributed by atoms with Crippen LogP contribution in [0, 0.1) is 0 Å². The Morgan fingerprint density at radius 3 is 2.50 bits per heavy atom. The molecule has 0 amide bonds. The van der Waals surface area contributed by atoms with E-state index >= 15 is 0 Å². The van der Waals surface area contributed by atoms with E-state index in [-0.39, 0.29) is 0 Å². The van der Waals surface area contributed by atoms with Crippen LogP contribution >= 0.6 is 0 Å². The highest BCUT2D eigenvalue weighted by atomic mass is 14.9. The van der Waals surface area contributed by atoms with Crippen molar-refractivity contribution in [1.29, 1.82) is 0 Å². The number of nitrogens with one attached hydrogen (secondary N) is 1. The van der Waals surface area contributed by atoms with E-state index in [4.69, 9.17) is 0 Å². The monoisotopic (exact) mass is 215 g/mol. The predicted octanol–water partition coefficient (Wildman–Crippen LogP) is 3.58. The van der Waals surface area contributed by atoms with Crippen molar-refractivity contribution in [3.05, 3.63) is 41.5 Å². The van der Waals surface area contributed by atoms with E-state index < -0.39 is 0 Å². The fraction of sp³-hybridized carbons (Fsp3) is 0.467. The number of hydrogen-bond acceptors (Lipinski definition) is 1. The molecule has 0 aliphatic heterocycles. The Hall–Kier alpha value is -1.08. The summed E-state index contributed by atoms with van der Waals surface area (Å²) in [5.41, 5.74) is 2.81. The molecule has 0 bridgehead atoms. The molecule has 0 radical (unpaired) electrons. The average molecular weight is 215 g/mol. The van der Waals surface area contributed by atoms with Gasteiger partial charge in [-0.15, -0.1) is 0 Å². The zero-order valence-electron chi connectivity index (χ0n) is 10.2. The third kappa shape index (κ3) is 3.49. The van der Waals surface area contributed by atoms with E-state index in [1.165, 1.54) is 24.0 Å². The molecular formula is C15H21N. The van der Waals surface area contributed by atoms with Gasteiger partial charge in [0.15, 0.2) is 0 Å². The van der Waals surface area contributed by atoms with Gasteiger partial charge in [-0.25, -0.2) is 0 Å². The van der Waals surface area contributed by atoms with Crippen LogP contribution in [0.4, 0.5) is 0 Å². The van der Waals surface area contributed by atoms with E-state index in [1.54, 1.807) is 0 Å². The highest BCUT2D eigenvalue weighted by Crippen LogP contribution is 2.39. The third-order valence-electron chi connectivity index (χ3n) is 2.94. The quantitative estimate of drug-likeness (QED) is 0.791. The summed E-state index contributed by atoms with van der Waals surface area (Å²) in [6.07, 6.45) is 7.14. The van der Waals surface area contributed by atoms with E-state index in [9.17, 15) is 0 Å². The molecule has 1 aliphatic carbocycles. The van der Waals surface area contributed by atoms with E-state index in [0.717, 1.165) is 12.5 Å². The van der Waals surface area contributed by atoms with Gasteiger partial charge in [-0.3, -0.25) is 0 Å². The number of rotatable bonds is 5. The first kappa shape index (κ1) is 11.4. The van der Waals surface area contributed by atoms with Crippen molar-refractivity contribution in [3.63, 3.8) is 0 Å². The molecule has 1 nitrogen and oxygen atoms in total. The minimum Gasteiger partial charge on any atom is -0.311 e. The van der Waals surface area contributed by atoms with Gasteiger partial charge in [-0.2, -0.15) is 0 Å². The van der Waals surface area contributed by atoms with Gasteiger partial charge in [0.25, 0.3) is 0 Å². The molecule has 1 aliphatic rings. The van der Waals surface area contributed by atoms with Gasteiger partial charge in [0.1, 0.15) is 0 Å². The maximum Gasteiger partial charge on any atom is 0.0140 e. The lowest BCUT2D eigenvalue weighted by Crippen LogP contribution is -2.22. The Morgan fingerprint density at radius 2 is 1.94 bits per heavy atom. The summed E-state index contributed by atoms with van der Waals surface area (Å²) in [7, 11) is 0. The lowest BCUT2D eigenvalue weighted by Gasteiger charge is -2.03. The normalized spacial score (nSPS) is 16.2. The molecule has 0 atom stereocenters. The Balaban J connectivity index is 1.84. The van der Waals surface area contributed by atoms with Gasteiger partial charge < -0.3 is 5.32 Å². The second kappa shape index (κ2) is 5.31. The second-order valence-corrected chi connectivity index (χ2v) is 4.91. The molecule has 0 unspecified atom stereocenters. The van der Waals surface area contributed by atoms with E-state index in [1.807, 2.05) is 0 Å². The molecule has 1 N–H and O–H groups in total. The van der Waals surface area contributed by atoms with Crippen LogP contribution in [0.1, 0.15) is 43.7 Å². The standard InChI is InChI=1S/C15H21N/c1-12(2)16-11-3-4-13-5-7-14(8-6-13)15-9-10-15/h3-8,12,15-16H,9-11H2,1-2H3. The minimum absolute atomic E-state index is 0.557. The highest BCUT2D eigenvalue weighted by Gasteiger charge is 2.22. The van der Waals surface area contributed by atoms with Crippen molar-refractivity contribution < 1.29 is 0 Å². The van der Waals surface area contributed by atoms with Crippen LogP contribution in [0.2, 0.25) is 0 Å². The first-order valence-electron chi connectivity index (χ1n) is 6.25. The van der Waals surface area contributed by atoms with Crippen LogP contribution in [0.5, 0.6) is 0 Å². The number of benzene rings is 1. The van der Waals surface area contributed by atoms with Crippen LogP contribution in [-0.2, 0) is 0 Å². The second-order valence-electron chi connectivity index (χ2n) is 4.91. The molecule has 1 aromatic carbocycles. The van der Waals surface area contributed by atoms with Crippen LogP contribution in [0.25, 0.3) is 6.08 Å². The van der Waals surface area contributed by atoms with Gasteiger partial charge in [-0.05, 0) is 29.9 Å². The first-order chi connectivity index (χ1) is 7.75. The SMILES string of the molecule is CC(C)NCC=Cc1ccc(C2CC2)cc1. The number of hydrogen-bond donors (Lipinski definition) is 1. The predicted molar refractivity (Wildman–Crippen MR) is 70.6 cm³/mol.